The van der Waals surface area contributed by atoms with Gasteiger partial charge in [-0.25, -0.2) is 9.59 Å². The molecular formula is C33H41N3O4. The number of hydrogen-bond donors (Lipinski definition) is 1. The SMILES string of the molecule is CC(C)(C)OC(=O)c1cccc(NC(=O)N(CCC(c2ccccc2)c2ccccc2)CCN2CCOCC2)c1. The van der Waals surface area contributed by atoms with Crippen molar-refractivity contribution in [1.82, 2.24) is 9.80 Å². The molecule has 1 saturated heterocycles. The summed E-state index contributed by atoms with van der Waals surface area (Å²) in [6.45, 7) is 10.6. The first-order valence-electron chi connectivity index (χ1n) is 14.1. The molecule has 0 radical (unpaired) electrons. The fourth-order valence-electron chi connectivity index (χ4n) is 4.85. The Labute approximate surface area is 238 Å². The van der Waals surface area contributed by atoms with Crippen LogP contribution in [0.1, 0.15) is 54.6 Å². The van der Waals surface area contributed by atoms with E-state index in [9.17, 15) is 9.59 Å². The monoisotopic (exact) mass is 543 g/mol. The van der Waals surface area contributed by atoms with E-state index in [-0.39, 0.29) is 11.9 Å². The molecule has 2 amide bonds. The number of amides is 2. The van der Waals surface area contributed by atoms with Crippen LogP contribution in [0.25, 0.3) is 0 Å². The van der Waals surface area contributed by atoms with Crippen LogP contribution in [0.5, 0.6) is 0 Å². The standard InChI is InChI=1S/C33H41N3O4/c1-33(2,3)40-31(37)28-15-10-16-29(25-28)34-32(38)36(20-19-35-21-23-39-24-22-35)18-17-30(26-11-6-4-7-12-26)27-13-8-5-9-14-27/h4-16,25,30H,17-24H2,1-3H3,(H,34,38). The Bertz CT molecular complexity index is 1180. The van der Waals surface area contributed by atoms with E-state index < -0.39 is 11.6 Å². The molecule has 0 bridgehead atoms. The van der Waals surface area contributed by atoms with Gasteiger partial charge in [0.25, 0.3) is 0 Å². The van der Waals surface area contributed by atoms with E-state index in [1.807, 2.05) is 37.8 Å². The van der Waals surface area contributed by atoms with Crippen LogP contribution in [-0.2, 0) is 9.47 Å². The summed E-state index contributed by atoms with van der Waals surface area (Å²) in [5.74, 6) is -0.252. The summed E-state index contributed by atoms with van der Waals surface area (Å²) >= 11 is 0. The first-order valence-corrected chi connectivity index (χ1v) is 14.1. The number of carbonyl (C=O) groups is 2. The van der Waals surface area contributed by atoms with Gasteiger partial charge in [-0.1, -0.05) is 66.7 Å². The minimum atomic E-state index is -0.597. The fraction of sp³-hybridized carbons (Fsp3) is 0.394. The van der Waals surface area contributed by atoms with Crippen molar-refractivity contribution in [1.29, 1.82) is 0 Å². The van der Waals surface area contributed by atoms with Gasteiger partial charge in [0.05, 0.1) is 18.8 Å². The van der Waals surface area contributed by atoms with Crippen LogP contribution in [0.2, 0.25) is 0 Å². The maximum Gasteiger partial charge on any atom is 0.338 e. The largest absolute Gasteiger partial charge is 0.456 e. The second-order valence-electron chi connectivity index (χ2n) is 11.1. The Morgan fingerprint density at radius 1 is 0.900 bits per heavy atom. The summed E-state index contributed by atoms with van der Waals surface area (Å²) in [7, 11) is 0. The second-order valence-corrected chi connectivity index (χ2v) is 11.1. The van der Waals surface area contributed by atoms with Gasteiger partial charge in [0.2, 0.25) is 0 Å². The van der Waals surface area contributed by atoms with Gasteiger partial charge in [-0.05, 0) is 56.5 Å². The lowest BCUT2D eigenvalue weighted by molar-refractivity contribution is 0.00694. The number of nitrogens with one attached hydrogen (secondary N) is 1. The zero-order valence-corrected chi connectivity index (χ0v) is 23.8. The van der Waals surface area contributed by atoms with Gasteiger partial charge < -0.3 is 19.7 Å². The number of rotatable bonds is 10. The van der Waals surface area contributed by atoms with E-state index in [4.69, 9.17) is 9.47 Å². The van der Waals surface area contributed by atoms with Crippen molar-refractivity contribution >= 4 is 17.7 Å². The molecule has 7 heteroatoms. The maximum absolute atomic E-state index is 13.6. The lowest BCUT2D eigenvalue weighted by Crippen LogP contribution is -2.44. The molecule has 40 heavy (non-hydrogen) atoms. The number of urea groups is 1. The van der Waals surface area contributed by atoms with Gasteiger partial charge in [0, 0.05) is 44.3 Å². The average molecular weight is 544 g/mol. The average Bonchev–Trinajstić information content (AvgIpc) is 2.95. The van der Waals surface area contributed by atoms with Crippen molar-refractivity contribution in [3.8, 4) is 0 Å². The summed E-state index contributed by atoms with van der Waals surface area (Å²) in [6, 6.07) is 27.6. The minimum absolute atomic E-state index is 0.164. The zero-order chi connectivity index (χ0) is 28.4. The Morgan fingerprint density at radius 2 is 1.52 bits per heavy atom. The van der Waals surface area contributed by atoms with Crippen molar-refractivity contribution in [3.05, 3.63) is 102 Å². The molecule has 3 aromatic carbocycles. The van der Waals surface area contributed by atoms with Crippen LogP contribution in [-0.4, -0.2) is 73.3 Å². The third-order valence-corrected chi connectivity index (χ3v) is 6.92. The van der Waals surface area contributed by atoms with E-state index in [0.29, 0.717) is 37.6 Å². The molecular weight excluding hydrogens is 502 g/mol. The Hall–Kier alpha value is -3.68. The molecule has 1 N–H and O–H groups in total. The third-order valence-electron chi connectivity index (χ3n) is 6.92. The number of morpholine rings is 1. The number of esters is 1. The molecule has 1 aliphatic rings. The van der Waals surface area contributed by atoms with E-state index in [0.717, 1.165) is 26.1 Å². The van der Waals surface area contributed by atoms with Crippen molar-refractivity contribution in [2.75, 3.05) is 51.3 Å². The highest BCUT2D eigenvalue weighted by molar-refractivity contribution is 5.94. The lowest BCUT2D eigenvalue weighted by atomic mass is 9.88. The topological polar surface area (TPSA) is 71.1 Å². The van der Waals surface area contributed by atoms with E-state index >= 15 is 0 Å². The van der Waals surface area contributed by atoms with Crippen LogP contribution < -0.4 is 5.32 Å². The Balaban J connectivity index is 1.49. The lowest BCUT2D eigenvalue weighted by Gasteiger charge is -2.31. The maximum atomic E-state index is 13.6. The smallest absolute Gasteiger partial charge is 0.338 e. The molecule has 3 aromatic rings. The van der Waals surface area contributed by atoms with Crippen molar-refractivity contribution in [2.24, 2.45) is 0 Å². The predicted octanol–water partition coefficient (Wildman–Crippen LogP) is 6.03. The summed E-state index contributed by atoms with van der Waals surface area (Å²) in [5, 5.41) is 3.03. The minimum Gasteiger partial charge on any atom is -0.456 e. The van der Waals surface area contributed by atoms with E-state index in [2.05, 4.69) is 58.7 Å². The Kier molecular flexibility index (Phi) is 10.3. The summed E-state index contributed by atoms with van der Waals surface area (Å²) < 4.78 is 11.0. The number of anilines is 1. The molecule has 1 aliphatic heterocycles. The molecule has 1 fully saturated rings. The number of ether oxygens (including phenoxy) is 2. The van der Waals surface area contributed by atoms with Crippen LogP contribution >= 0.6 is 0 Å². The van der Waals surface area contributed by atoms with Gasteiger partial charge >= 0.3 is 12.0 Å². The van der Waals surface area contributed by atoms with Gasteiger partial charge in [0.15, 0.2) is 0 Å². The molecule has 0 aliphatic carbocycles. The third kappa shape index (κ3) is 8.93. The number of nitrogens with zero attached hydrogens (tertiary/aromatic N) is 2. The molecule has 1 heterocycles. The van der Waals surface area contributed by atoms with Gasteiger partial charge in [-0.15, -0.1) is 0 Å². The van der Waals surface area contributed by atoms with Crippen LogP contribution in [0, 0.1) is 0 Å². The summed E-state index contributed by atoms with van der Waals surface area (Å²) in [5.41, 5.74) is 2.83. The number of hydrogen-bond acceptors (Lipinski definition) is 5. The van der Waals surface area contributed by atoms with Gasteiger partial charge in [-0.3, -0.25) is 4.90 Å². The van der Waals surface area contributed by atoms with Crippen molar-refractivity contribution in [3.63, 3.8) is 0 Å². The van der Waals surface area contributed by atoms with Crippen LogP contribution in [0.3, 0.4) is 0 Å². The molecule has 0 unspecified atom stereocenters. The Morgan fingerprint density at radius 3 is 2.12 bits per heavy atom. The molecule has 4 rings (SSSR count). The normalized spacial score (nSPS) is 14.1. The molecule has 0 saturated carbocycles. The molecule has 0 spiro atoms. The molecule has 0 atom stereocenters. The second kappa shape index (κ2) is 14.1. The number of benzene rings is 3. The van der Waals surface area contributed by atoms with Crippen LogP contribution in [0.15, 0.2) is 84.9 Å². The predicted molar refractivity (Wildman–Crippen MR) is 159 cm³/mol. The quantitative estimate of drug-likeness (QED) is 0.316. The van der Waals surface area contributed by atoms with Gasteiger partial charge in [0.1, 0.15) is 5.60 Å². The highest BCUT2D eigenvalue weighted by atomic mass is 16.6. The summed E-state index contributed by atoms with van der Waals surface area (Å²) in [4.78, 5) is 30.4. The van der Waals surface area contributed by atoms with E-state index in [1.54, 1.807) is 24.3 Å². The van der Waals surface area contributed by atoms with Crippen LogP contribution in [0.4, 0.5) is 10.5 Å². The highest BCUT2D eigenvalue weighted by Gasteiger charge is 2.22. The van der Waals surface area contributed by atoms with Crippen molar-refractivity contribution in [2.45, 2.75) is 38.7 Å². The van der Waals surface area contributed by atoms with E-state index in [1.165, 1.54) is 11.1 Å². The zero-order valence-electron chi connectivity index (χ0n) is 23.8. The summed E-state index contributed by atoms with van der Waals surface area (Å²) in [6.07, 6.45) is 0.780. The first kappa shape index (κ1) is 29.3. The van der Waals surface area contributed by atoms with Crippen molar-refractivity contribution < 1.29 is 19.1 Å². The molecule has 212 valence electrons. The first-order chi connectivity index (χ1) is 19.3. The fourth-order valence-corrected chi connectivity index (χ4v) is 4.85. The number of carbonyl (C=O) groups excluding carboxylic acids is 2. The highest BCUT2D eigenvalue weighted by Crippen LogP contribution is 2.28. The molecule has 0 aromatic heterocycles. The van der Waals surface area contributed by atoms with Gasteiger partial charge in [-0.2, -0.15) is 0 Å². The molecule has 7 nitrogen and oxygen atoms in total.